The summed E-state index contributed by atoms with van der Waals surface area (Å²) in [6.07, 6.45) is 6.78. The lowest BCUT2D eigenvalue weighted by molar-refractivity contribution is -0.137. The fraction of sp³-hybridized carbons (Fsp3) is 0.857. The summed E-state index contributed by atoms with van der Waals surface area (Å²) in [7, 11) is 0. The average molecular weight is 268 g/mol. The minimum atomic E-state index is -0.846. The van der Waals surface area contributed by atoms with E-state index in [9.17, 15) is 9.59 Å². The van der Waals surface area contributed by atoms with Crippen molar-refractivity contribution in [3.8, 4) is 0 Å². The third-order valence-electron chi connectivity index (χ3n) is 4.26. The number of carboxylic acid groups (broad SMARTS) is 1. The summed E-state index contributed by atoms with van der Waals surface area (Å²) in [5, 5.41) is 14.6. The second-order valence-corrected chi connectivity index (χ2v) is 6.12. The molecule has 2 aliphatic carbocycles. The van der Waals surface area contributed by atoms with Gasteiger partial charge in [-0.05, 0) is 43.4 Å². The molecule has 1 atom stereocenters. The first-order valence-corrected chi connectivity index (χ1v) is 7.31. The fourth-order valence-electron chi connectivity index (χ4n) is 2.73. The van der Waals surface area contributed by atoms with Crippen molar-refractivity contribution in [2.45, 2.75) is 57.9 Å². The first kappa shape index (κ1) is 14.2. The van der Waals surface area contributed by atoms with Crippen LogP contribution < -0.4 is 10.6 Å². The van der Waals surface area contributed by atoms with E-state index in [1.165, 1.54) is 12.8 Å². The van der Waals surface area contributed by atoms with Crippen LogP contribution in [-0.4, -0.2) is 29.7 Å². The molecule has 0 aromatic carbocycles. The van der Waals surface area contributed by atoms with Gasteiger partial charge in [-0.3, -0.25) is 4.79 Å². The van der Waals surface area contributed by atoms with E-state index < -0.39 is 5.97 Å². The molecule has 1 unspecified atom stereocenters. The maximum Gasteiger partial charge on any atom is 0.315 e. The van der Waals surface area contributed by atoms with Gasteiger partial charge < -0.3 is 15.7 Å². The highest BCUT2D eigenvalue weighted by molar-refractivity contribution is 5.76. The number of amides is 2. The normalized spacial score (nSPS) is 21.5. The summed E-state index contributed by atoms with van der Waals surface area (Å²) >= 11 is 0. The van der Waals surface area contributed by atoms with Crippen molar-refractivity contribution in [1.29, 1.82) is 0 Å². The van der Waals surface area contributed by atoms with Crippen molar-refractivity contribution in [2.24, 2.45) is 11.3 Å². The Labute approximate surface area is 114 Å². The van der Waals surface area contributed by atoms with Crippen LogP contribution in [0.5, 0.6) is 0 Å². The van der Waals surface area contributed by atoms with E-state index in [0.717, 1.165) is 32.2 Å². The van der Waals surface area contributed by atoms with Crippen LogP contribution in [0.1, 0.15) is 51.9 Å². The Bertz CT molecular complexity index is 349. The third kappa shape index (κ3) is 4.40. The number of nitrogens with one attached hydrogen (secondary N) is 2. The zero-order chi connectivity index (χ0) is 13.9. The van der Waals surface area contributed by atoms with Crippen molar-refractivity contribution in [2.75, 3.05) is 6.54 Å². The van der Waals surface area contributed by atoms with Gasteiger partial charge in [0.1, 0.15) is 0 Å². The van der Waals surface area contributed by atoms with Crippen molar-refractivity contribution >= 4 is 12.0 Å². The van der Waals surface area contributed by atoms with Gasteiger partial charge in [0.25, 0.3) is 0 Å². The quantitative estimate of drug-likeness (QED) is 0.631. The van der Waals surface area contributed by atoms with Gasteiger partial charge in [0.05, 0.1) is 6.42 Å². The van der Waals surface area contributed by atoms with Crippen LogP contribution in [0.4, 0.5) is 4.79 Å². The predicted octanol–water partition coefficient (Wildman–Crippen LogP) is 2.12. The molecular weight excluding hydrogens is 244 g/mol. The van der Waals surface area contributed by atoms with E-state index in [2.05, 4.69) is 17.6 Å². The Hall–Kier alpha value is -1.26. The standard InChI is InChI=1S/C14H24N2O3/c1-2-5-14(6-7-14)9-15-13(19)16-11(8-12(17)18)10-3-4-10/h10-11H,2-9H2,1H3,(H,17,18)(H2,15,16,19). The Kier molecular flexibility index (Phi) is 4.32. The van der Waals surface area contributed by atoms with Crippen LogP contribution >= 0.6 is 0 Å². The molecule has 2 fully saturated rings. The van der Waals surface area contributed by atoms with Gasteiger partial charge in [-0.1, -0.05) is 13.3 Å². The number of aliphatic carboxylic acids is 1. The van der Waals surface area contributed by atoms with Crippen LogP contribution in [0, 0.1) is 11.3 Å². The Balaban J connectivity index is 1.72. The molecular formula is C14H24N2O3. The lowest BCUT2D eigenvalue weighted by Crippen LogP contribution is -2.45. The molecule has 0 saturated heterocycles. The van der Waals surface area contributed by atoms with Gasteiger partial charge in [0.2, 0.25) is 0 Å². The molecule has 0 aliphatic heterocycles. The van der Waals surface area contributed by atoms with Gasteiger partial charge in [0, 0.05) is 12.6 Å². The first-order chi connectivity index (χ1) is 9.04. The van der Waals surface area contributed by atoms with E-state index in [1.807, 2.05) is 0 Å². The maximum atomic E-state index is 11.8. The molecule has 2 amide bonds. The molecule has 19 heavy (non-hydrogen) atoms. The number of urea groups is 1. The van der Waals surface area contributed by atoms with Crippen LogP contribution in [0.3, 0.4) is 0 Å². The Morgan fingerprint density at radius 3 is 2.53 bits per heavy atom. The molecule has 0 spiro atoms. The lowest BCUT2D eigenvalue weighted by atomic mass is 10.0. The fourth-order valence-corrected chi connectivity index (χ4v) is 2.73. The summed E-state index contributed by atoms with van der Waals surface area (Å²) < 4.78 is 0. The van der Waals surface area contributed by atoms with Crippen molar-refractivity contribution in [1.82, 2.24) is 10.6 Å². The van der Waals surface area contributed by atoms with Crippen LogP contribution in [0.25, 0.3) is 0 Å². The van der Waals surface area contributed by atoms with E-state index in [-0.39, 0.29) is 18.5 Å². The summed E-state index contributed by atoms with van der Waals surface area (Å²) in [5.74, 6) is -0.491. The topological polar surface area (TPSA) is 78.4 Å². The molecule has 108 valence electrons. The first-order valence-electron chi connectivity index (χ1n) is 7.31. The Morgan fingerprint density at radius 2 is 2.05 bits per heavy atom. The summed E-state index contributed by atoms with van der Waals surface area (Å²) in [5.41, 5.74) is 0.327. The van der Waals surface area contributed by atoms with Crippen LogP contribution in [0.2, 0.25) is 0 Å². The van der Waals surface area contributed by atoms with E-state index in [1.54, 1.807) is 0 Å². The molecule has 0 aromatic heterocycles. The zero-order valence-electron chi connectivity index (χ0n) is 11.6. The molecule has 3 N–H and O–H groups in total. The minimum absolute atomic E-state index is 0.0260. The molecule has 5 heteroatoms. The van der Waals surface area contributed by atoms with Crippen molar-refractivity contribution < 1.29 is 14.7 Å². The number of rotatable bonds is 8. The van der Waals surface area contributed by atoms with Crippen LogP contribution in [-0.2, 0) is 4.79 Å². The van der Waals surface area contributed by atoms with E-state index in [4.69, 9.17) is 5.11 Å². The van der Waals surface area contributed by atoms with Gasteiger partial charge in [0.15, 0.2) is 0 Å². The van der Waals surface area contributed by atoms with Gasteiger partial charge >= 0.3 is 12.0 Å². The monoisotopic (exact) mass is 268 g/mol. The number of carboxylic acids is 1. The SMILES string of the molecule is CCCC1(CNC(=O)NC(CC(=O)O)C2CC2)CC1. The van der Waals surface area contributed by atoms with Gasteiger partial charge in [-0.25, -0.2) is 4.79 Å². The average Bonchev–Trinajstić information content (AvgIpc) is 3.21. The largest absolute Gasteiger partial charge is 0.481 e. The molecule has 0 heterocycles. The van der Waals surface area contributed by atoms with Crippen LogP contribution in [0.15, 0.2) is 0 Å². The smallest absolute Gasteiger partial charge is 0.315 e. The summed E-state index contributed by atoms with van der Waals surface area (Å²) in [6.45, 7) is 2.88. The second-order valence-electron chi connectivity index (χ2n) is 6.12. The van der Waals surface area contributed by atoms with Gasteiger partial charge in [-0.15, -0.1) is 0 Å². The molecule has 0 bridgehead atoms. The Morgan fingerprint density at radius 1 is 1.37 bits per heavy atom. The maximum absolute atomic E-state index is 11.8. The number of carbonyl (C=O) groups is 2. The number of hydrogen-bond donors (Lipinski definition) is 3. The second kappa shape index (κ2) is 5.80. The minimum Gasteiger partial charge on any atom is -0.481 e. The number of carbonyl (C=O) groups excluding carboxylic acids is 1. The highest BCUT2D eigenvalue weighted by atomic mass is 16.4. The van der Waals surface area contributed by atoms with E-state index in [0.29, 0.717) is 11.3 Å². The molecule has 5 nitrogen and oxygen atoms in total. The summed E-state index contributed by atoms with van der Waals surface area (Å²) in [4.78, 5) is 22.6. The molecule has 2 saturated carbocycles. The number of hydrogen-bond acceptors (Lipinski definition) is 2. The summed E-state index contributed by atoms with van der Waals surface area (Å²) in [6, 6.07) is -0.417. The third-order valence-corrected chi connectivity index (χ3v) is 4.26. The zero-order valence-corrected chi connectivity index (χ0v) is 11.6. The lowest BCUT2D eigenvalue weighted by Gasteiger charge is -2.19. The highest BCUT2D eigenvalue weighted by Gasteiger charge is 2.41. The van der Waals surface area contributed by atoms with Crippen molar-refractivity contribution in [3.63, 3.8) is 0 Å². The van der Waals surface area contributed by atoms with Crippen molar-refractivity contribution in [3.05, 3.63) is 0 Å². The highest BCUT2D eigenvalue weighted by Crippen LogP contribution is 2.48. The molecule has 2 aliphatic rings. The molecule has 2 rings (SSSR count). The van der Waals surface area contributed by atoms with Gasteiger partial charge in [-0.2, -0.15) is 0 Å². The van der Waals surface area contributed by atoms with E-state index >= 15 is 0 Å². The predicted molar refractivity (Wildman–Crippen MR) is 71.9 cm³/mol. The molecule has 0 radical (unpaired) electrons. The molecule has 0 aromatic rings.